The van der Waals surface area contributed by atoms with Gasteiger partial charge in [-0.25, -0.2) is 0 Å². The first kappa shape index (κ1) is 6.67. The summed E-state index contributed by atoms with van der Waals surface area (Å²) in [6.45, 7) is 1.71. The van der Waals surface area contributed by atoms with Crippen molar-refractivity contribution in [2.24, 2.45) is 0 Å². The summed E-state index contributed by atoms with van der Waals surface area (Å²) >= 11 is 15.0. The molecular formula is C3H4Cl2S. The van der Waals surface area contributed by atoms with E-state index in [1.807, 2.05) is 0 Å². The Kier molecular flexibility index (Phi) is 3.09. The molecule has 0 rings (SSSR count). The second-order valence-corrected chi connectivity index (χ2v) is 2.65. The van der Waals surface area contributed by atoms with Crippen molar-refractivity contribution in [2.45, 2.75) is 11.8 Å². The van der Waals surface area contributed by atoms with Gasteiger partial charge < -0.3 is 0 Å². The summed E-state index contributed by atoms with van der Waals surface area (Å²) in [6, 6.07) is 0. The van der Waals surface area contributed by atoms with Crippen LogP contribution in [0.3, 0.4) is 0 Å². The van der Waals surface area contributed by atoms with Crippen molar-refractivity contribution in [2.75, 3.05) is 0 Å². The fourth-order valence-electron chi connectivity index (χ4n) is 0. The molecule has 0 saturated carbocycles. The van der Waals surface area contributed by atoms with E-state index in [1.165, 1.54) is 0 Å². The quantitative estimate of drug-likeness (QED) is 0.400. The standard InChI is InChI=1S/C3H4Cl2S/c1-2(6)3(4)5/h3H,1H3. The molecular weight excluding hydrogens is 139 g/mol. The minimum atomic E-state index is -0.472. The van der Waals surface area contributed by atoms with Crippen molar-refractivity contribution in [3.8, 4) is 0 Å². The highest BCUT2D eigenvalue weighted by molar-refractivity contribution is 7.80. The zero-order chi connectivity index (χ0) is 5.15. The number of alkyl halides is 2. The first-order chi connectivity index (χ1) is 2.64. The number of rotatable bonds is 1. The van der Waals surface area contributed by atoms with Gasteiger partial charge in [0.25, 0.3) is 0 Å². The van der Waals surface area contributed by atoms with Crippen LogP contribution in [0.5, 0.6) is 0 Å². The van der Waals surface area contributed by atoms with Gasteiger partial charge in [-0.2, -0.15) is 0 Å². The topological polar surface area (TPSA) is 0 Å². The molecule has 6 heavy (non-hydrogen) atoms. The molecule has 0 aromatic heterocycles. The van der Waals surface area contributed by atoms with Crippen molar-refractivity contribution < 1.29 is 0 Å². The van der Waals surface area contributed by atoms with Crippen LogP contribution >= 0.6 is 35.4 Å². The van der Waals surface area contributed by atoms with Crippen LogP contribution in [0.15, 0.2) is 0 Å². The van der Waals surface area contributed by atoms with Gasteiger partial charge in [-0.15, -0.1) is 0 Å². The molecule has 0 aliphatic heterocycles. The first-order valence-corrected chi connectivity index (χ1v) is 2.71. The summed E-state index contributed by atoms with van der Waals surface area (Å²) in [5.41, 5.74) is 0. The lowest BCUT2D eigenvalue weighted by Gasteiger charge is -1.89. The molecule has 0 spiro atoms. The lowest BCUT2D eigenvalue weighted by Crippen LogP contribution is -1.95. The largest absolute Gasteiger partial charge is 0.138 e. The molecule has 0 radical (unpaired) electrons. The van der Waals surface area contributed by atoms with Gasteiger partial charge in [0.15, 0.2) is 0 Å². The third-order valence-electron chi connectivity index (χ3n) is 0.307. The predicted molar refractivity (Wildman–Crippen MR) is 33.8 cm³/mol. The summed E-state index contributed by atoms with van der Waals surface area (Å²) < 4.78 is 0. The summed E-state index contributed by atoms with van der Waals surface area (Å²) in [7, 11) is 0. The maximum absolute atomic E-state index is 5.24. The lowest BCUT2D eigenvalue weighted by molar-refractivity contribution is 1.72. The molecule has 0 amide bonds. The van der Waals surface area contributed by atoms with E-state index >= 15 is 0 Å². The van der Waals surface area contributed by atoms with E-state index in [9.17, 15) is 0 Å². The second-order valence-electron chi connectivity index (χ2n) is 0.911. The maximum atomic E-state index is 5.24. The average molecular weight is 143 g/mol. The molecule has 0 aromatic rings. The molecule has 0 aliphatic rings. The van der Waals surface area contributed by atoms with Crippen LogP contribution in [-0.2, 0) is 0 Å². The van der Waals surface area contributed by atoms with Crippen LogP contribution in [0.2, 0.25) is 0 Å². The Hall–Kier alpha value is 0.670. The molecule has 0 nitrogen and oxygen atoms in total. The molecule has 0 heterocycles. The number of hydrogen-bond acceptors (Lipinski definition) is 1. The smallest absolute Gasteiger partial charge is 0.0995 e. The van der Waals surface area contributed by atoms with E-state index in [2.05, 4.69) is 12.2 Å². The molecule has 0 bridgehead atoms. The molecule has 3 heteroatoms. The van der Waals surface area contributed by atoms with Gasteiger partial charge in [-0.05, 0) is 6.92 Å². The molecule has 36 valence electrons. The highest BCUT2D eigenvalue weighted by Crippen LogP contribution is 2.02. The SMILES string of the molecule is CC(=S)C(Cl)Cl. The van der Waals surface area contributed by atoms with Gasteiger partial charge in [-0.1, -0.05) is 35.4 Å². The number of thiocarbonyl (C=S) groups is 1. The molecule has 0 atom stereocenters. The molecule has 0 aromatic carbocycles. The molecule has 0 fully saturated rings. The monoisotopic (exact) mass is 142 g/mol. The Balaban J connectivity index is 3.26. The predicted octanol–water partition coefficient (Wildman–Crippen LogP) is 2.18. The Morgan fingerprint density at radius 3 is 1.83 bits per heavy atom. The van der Waals surface area contributed by atoms with Gasteiger partial charge in [0, 0.05) is 4.86 Å². The molecule has 0 saturated heterocycles. The zero-order valence-corrected chi connectivity index (χ0v) is 5.57. The maximum Gasteiger partial charge on any atom is 0.138 e. The zero-order valence-electron chi connectivity index (χ0n) is 3.24. The summed E-state index contributed by atoms with van der Waals surface area (Å²) in [4.78, 5) is 0.151. The van der Waals surface area contributed by atoms with E-state index in [4.69, 9.17) is 23.2 Å². The van der Waals surface area contributed by atoms with Gasteiger partial charge in [0.2, 0.25) is 0 Å². The Morgan fingerprint density at radius 2 is 1.83 bits per heavy atom. The fraction of sp³-hybridized carbons (Fsp3) is 0.667. The summed E-state index contributed by atoms with van der Waals surface area (Å²) in [5, 5.41) is 0. The lowest BCUT2D eigenvalue weighted by atomic mass is 10.6. The Morgan fingerprint density at radius 1 is 1.67 bits per heavy atom. The molecule has 0 N–H and O–H groups in total. The van der Waals surface area contributed by atoms with Crippen molar-refractivity contribution in [3.05, 3.63) is 0 Å². The van der Waals surface area contributed by atoms with Crippen LogP contribution in [0, 0.1) is 0 Å². The summed E-state index contributed by atoms with van der Waals surface area (Å²) in [6.07, 6.45) is 0. The van der Waals surface area contributed by atoms with Gasteiger partial charge in [0.05, 0.1) is 0 Å². The van der Waals surface area contributed by atoms with Gasteiger partial charge in [0.1, 0.15) is 4.84 Å². The fourth-order valence-corrected chi connectivity index (χ4v) is 0. The third-order valence-corrected chi connectivity index (χ3v) is 1.46. The van der Waals surface area contributed by atoms with Gasteiger partial charge >= 0.3 is 0 Å². The van der Waals surface area contributed by atoms with Crippen molar-refractivity contribution in [1.29, 1.82) is 0 Å². The molecule has 0 unspecified atom stereocenters. The third kappa shape index (κ3) is 2.88. The Labute approximate surface area is 52.4 Å². The van der Waals surface area contributed by atoms with E-state index in [0.29, 0.717) is 4.86 Å². The minimum Gasteiger partial charge on any atom is -0.0995 e. The van der Waals surface area contributed by atoms with Crippen LogP contribution < -0.4 is 0 Å². The van der Waals surface area contributed by atoms with Gasteiger partial charge in [-0.3, -0.25) is 0 Å². The normalized spacial score (nSPS) is 9.33. The van der Waals surface area contributed by atoms with Crippen LogP contribution in [-0.4, -0.2) is 9.70 Å². The van der Waals surface area contributed by atoms with Crippen molar-refractivity contribution in [1.82, 2.24) is 0 Å². The number of halogens is 2. The van der Waals surface area contributed by atoms with E-state index < -0.39 is 4.84 Å². The van der Waals surface area contributed by atoms with Crippen LogP contribution in [0.25, 0.3) is 0 Å². The van der Waals surface area contributed by atoms with E-state index in [-0.39, 0.29) is 0 Å². The average Bonchev–Trinajstić information content (AvgIpc) is 1.36. The van der Waals surface area contributed by atoms with Crippen molar-refractivity contribution in [3.63, 3.8) is 0 Å². The first-order valence-electron chi connectivity index (χ1n) is 1.43. The molecule has 0 aliphatic carbocycles. The van der Waals surface area contributed by atoms with Crippen LogP contribution in [0.1, 0.15) is 6.92 Å². The van der Waals surface area contributed by atoms with E-state index in [0.717, 1.165) is 0 Å². The minimum absolute atomic E-state index is 0.472. The second kappa shape index (κ2) is 2.78. The summed E-state index contributed by atoms with van der Waals surface area (Å²) in [5.74, 6) is 0. The van der Waals surface area contributed by atoms with Crippen LogP contribution in [0.4, 0.5) is 0 Å². The van der Waals surface area contributed by atoms with E-state index in [1.54, 1.807) is 6.92 Å². The van der Waals surface area contributed by atoms with Crippen molar-refractivity contribution >= 4 is 40.3 Å². The number of hydrogen-bond donors (Lipinski definition) is 0. The Bertz CT molecular complexity index is 59.8. The highest BCUT2D eigenvalue weighted by Gasteiger charge is 1.96. The highest BCUT2D eigenvalue weighted by atomic mass is 35.5.